The Morgan fingerprint density at radius 1 is 1.14 bits per heavy atom. The van der Waals surface area contributed by atoms with E-state index < -0.39 is 27.9 Å². The fourth-order valence-corrected chi connectivity index (χ4v) is 4.04. The molecule has 1 amide bonds. The Morgan fingerprint density at radius 3 is 2.39 bits per heavy atom. The fourth-order valence-electron chi connectivity index (χ4n) is 2.53. The van der Waals surface area contributed by atoms with Crippen LogP contribution in [-0.4, -0.2) is 39.7 Å². The number of sulfonamides is 1. The first kappa shape index (κ1) is 22.0. The fraction of sp³-hybridized carbons (Fsp3) is 0.222. The first-order chi connectivity index (χ1) is 13.0. The monoisotopic (exact) mass is 444 g/mol. The zero-order chi connectivity index (χ0) is 21.1. The Morgan fingerprint density at radius 2 is 1.82 bits per heavy atom. The average Bonchev–Trinajstić information content (AvgIpc) is 2.61. The molecule has 0 heterocycles. The number of amides is 1. The second-order valence-electron chi connectivity index (χ2n) is 5.89. The summed E-state index contributed by atoms with van der Waals surface area (Å²) in [7, 11) is -2.57. The molecule has 2 rings (SSSR count). The van der Waals surface area contributed by atoms with Crippen molar-refractivity contribution in [3.05, 3.63) is 58.1 Å². The highest BCUT2D eigenvalue weighted by Gasteiger charge is 2.29. The van der Waals surface area contributed by atoms with Crippen LogP contribution in [0, 0.1) is 0 Å². The number of esters is 1. The van der Waals surface area contributed by atoms with Crippen molar-refractivity contribution in [3.63, 3.8) is 0 Å². The molecule has 0 saturated carbocycles. The van der Waals surface area contributed by atoms with Gasteiger partial charge in [0.1, 0.15) is 6.04 Å². The van der Waals surface area contributed by atoms with Crippen LogP contribution in [0.25, 0.3) is 0 Å². The molecule has 1 atom stereocenters. The van der Waals surface area contributed by atoms with Gasteiger partial charge in [-0.2, -0.15) is 0 Å². The highest BCUT2D eigenvalue weighted by atomic mass is 35.5. The Hall–Kier alpha value is -2.29. The number of hydrogen-bond acceptors (Lipinski definition) is 5. The zero-order valence-electron chi connectivity index (χ0n) is 15.3. The van der Waals surface area contributed by atoms with E-state index in [0.29, 0.717) is 5.02 Å². The van der Waals surface area contributed by atoms with Crippen molar-refractivity contribution in [2.24, 2.45) is 0 Å². The molecule has 0 aliphatic carbocycles. The second-order valence-corrected chi connectivity index (χ2v) is 8.59. The molecule has 0 spiro atoms. The standard InChI is InChI=1S/C18H18Cl2N2O5S/c1-11(22(28(3,25)26)14-6-4-5-13(19)10-14)17(23)21-16-9-12(18(24)27-2)7-8-15(16)20/h4-11H,1-3H3,(H,21,23)/t11-/m1/s1. The summed E-state index contributed by atoms with van der Waals surface area (Å²) in [4.78, 5) is 24.4. The summed E-state index contributed by atoms with van der Waals surface area (Å²) in [6.45, 7) is 1.43. The molecule has 0 radical (unpaired) electrons. The summed E-state index contributed by atoms with van der Waals surface area (Å²) < 4.78 is 30.2. The quantitative estimate of drug-likeness (QED) is 0.687. The van der Waals surface area contributed by atoms with E-state index in [4.69, 9.17) is 23.2 Å². The lowest BCUT2D eigenvalue weighted by molar-refractivity contribution is -0.116. The Bertz CT molecular complexity index is 1010. The van der Waals surface area contributed by atoms with Gasteiger partial charge in [0.25, 0.3) is 0 Å². The van der Waals surface area contributed by atoms with Crippen molar-refractivity contribution in [2.75, 3.05) is 23.0 Å². The van der Waals surface area contributed by atoms with E-state index in [1.807, 2.05) is 0 Å². The molecule has 10 heteroatoms. The van der Waals surface area contributed by atoms with Crippen LogP contribution in [-0.2, 0) is 19.6 Å². The van der Waals surface area contributed by atoms with Crippen LogP contribution in [0.1, 0.15) is 17.3 Å². The molecule has 0 unspecified atom stereocenters. The van der Waals surface area contributed by atoms with Gasteiger partial charge >= 0.3 is 5.97 Å². The minimum atomic E-state index is -3.80. The number of benzene rings is 2. The molecular weight excluding hydrogens is 427 g/mol. The highest BCUT2D eigenvalue weighted by molar-refractivity contribution is 7.92. The SMILES string of the molecule is COC(=O)c1ccc(Cl)c(NC(=O)[C@@H](C)N(c2cccc(Cl)c2)S(C)(=O)=O)c1. The van der Waals surface area contributed by atoms with Crippen LogP contribution in [0.5, 0.6) is 0 Å². The summed E-state index contributed by atoms with van der Waals surface area (Å²) in [5.41, 5.74) is 0.581. The number of ether oxygens (including phenoxy) is 1. The van der Waals surface area contributed by atoms with Gasteiger partial charge in [-0.25, -0.2) is 13.2 Å². The molecule has 28 heavy (non-hydrogen) atoms. The van der Waals surface area contributed by atoms with Crippen molar-refractivity contribution in [1.82, 2.24) is 0 Å². The maximum absolute atomic E-state index is 12.7. The number of halogens is 2. The van der Waals surface area contributed by atoms with Gasteiger partial charge in [0.15, 0.2) is 0 Å². The molecule has 150 valence electrons. The van der Waals surface area contributed by atoms with E-state index in [2.05, 4.69) is 10.1 Å². The minimum Gasteiger partial charge on any atom is -0.465 e. The predicted molar refractivity (Wildman–Crippen MR) is 110 cm³/mol. The Kier molecular flexibility index (Phi) is 6.92. The number of nitrogens with zero attached hydrogens (tertiary/aromatic N) is 1. The van der Waals surface area contributed by atoms with Crippen molar-refractivity contribution >= 4 is 56.5 Å². The molecule has 2 aromatic rings. The molecule has 0 aliphatic heterocycles. The van der Waals surface area contributed by atoms with E-state index in [1.165, 1.54) is 44.4 Å². The normalized spacial score (nSPS) is 12.2. The Balaban J connectivity index is 2.35. The zero-order valence-corrected chi connectivity index (χ0v) is 17.6. The maximum atomic E-state index is 12.7. The van der Waals surface area contributed by atoms with Gasteiger partial charge in [-0.1, -0.05) is 29.3 Å². The van der Waals surface area contributed by atoms with E-state index in [0.717, 1.165) is 10.6 Å². The van der Waals surface area contributed by atoms with Gasteiger partial charge in [-0.3, -0.25) is 9.10 Å². The molecule has 7 nitrogen and oxygen atoms in total. The number of anilines is 2. The van der Waals surface area contributed by atoms with Gasteiger partial charge in [-0.05, 0) is 43.3 Å². The number of carbonyl (C=O) groups is 2. The lowest BCUT2D eigenvalue weighted by Crippen LogP contribution is -2.45. The smallest absolute Gasteiger partial charge is 0.337 e. The maximum Gasteiger partial charge on any atom is 0.337 e. The third-order valence-electron chi connectivity index (χ3n) is 3.80. The number of methoxy groups -OCH3 is 1. The summed E-state index contributed by atoms with van der Waals surface area (Å²) in [6, 6.07) is 9.25. The molecule has 0 aromatic heterocycles. The van der Waals surface area contributed by atoms with E-state index in [9.17, 15) is 18.0 Å². The first-order valence-corrected chi connectivity index (χ1v) is 10.6. The topological polar surface area (TPSA) is 92.8 Å². The third kappa shape index (κ3) is 5.15. The lowest BCUT2D eigenvalue weighted by atomic mass is 10.2. The summed E-state index contributed by atoms with van der Waals surface area (Å²) >= 11 is 12.0. The van der Waals surface area contributed by atoms with E-state index in [1.54, 1.807) is 12.1 Å². The second kappa shape index (κ2) is 8.81. The average molecular weight is 445 g/mol. The number of hydrogen-bond donors (Lipinski definition) is 1. The van der Waals surface area contributed by atoms with Crippen LogP contribution < -0.4 is 9.62 Å². The van der Waals surface area contributed by atoms with Crippen LogP contribution in [0.15, 0.2) is 42.5 Å². The van der Waals surface area contributed by atoms with Crippen LogP contribution in [0.2, 0.25) is 10.0 Å². The van der Waals surface area contributed by atoms with Gasteiger partial charge < -0.3 is 10.1 Å². The van der Waals surface area contributed by atoms with Crippen LogP contribution in [0.4, 0.5) is 11.4 Å². The Labute approximate surface area is 173 Å². The minimum absolute atomic E-state index is 0.154. The molecule has 0 saturated heterocycles. The summed E-state index contributed by atoms with van der Waals surface area (Å²) in [6.07, 6.45) is 0.989. The first-order valence-electron chi connectivity index (χ1n) is 7.98. The van der Waals surface area contributed by atoms with Gasteiger partial charge in [0.2, 0.25) is 15.9 Å². The molecule has 2 aromatic carbocycles. The van der Waals surface area contributed by atoms with Gasteiger partial charge in [0.05, 0.1) is 35.3 Å². The largest absolute Gasteiger partial charge is 0.465 e. The van der Waals surface area contributed by atoms with Crippen molar-refractivity contribution in [3.8, 4) is 0 Å². The van der Waals surface area contributed by atoms with Crippen LogP contribution >= 0.6 is 23.2 Å². The number of nitrogens with one attached hydrogen (secondary N) is 1. The molecule has 1 N–H and O–H groups in total. The van der Waals surface area contributed by atoms with Crippen molar-refractivity contribution in [2.45, 2.75) is 13.0 Å². The molecule has 0 aliphatic rings. The lowest BCUT2D eigenvalue weighted by Gasteiger charge is -2.28. The highest BCUT2D eigenvalue weighted by Crippen LogP contribution is 2.27. The van der Waals surface area contributed by atoms with E-state index >= 15 is 0 Å². The van der Waals surface area contributed by atoms with Gasteiger partial charge in [-0.15, -0.1) is 0 Å². The van der Waals surface area contributed by atoms with Crippen molar-refractivity contribution in [1.29, 1.82) is 0 Å². The molecular formula is C18H18Cl2N2O5S. The summed E-state index contributed by atoms with van der Waals surface area (Å²) in [5, 5.41) is 3.06. The van der Waals surface area contributed by atoms with Crippen molar-refractivity contribution < 1.29 is 22.7 Å². The number of rotatable bonds is 6. The predicted octanol–water partition coefficient (Wildman–Crippen LogP) is 3.57. The number of carbonyl (C=O) groups excluding carboxylic acids is 2. The van der Waals surface area contributed by atoms with Gasteiger partial charge in [0, 0.05) is 5.02 Å². The molecule has 0 bridgehead atoms. The molecule has 0 fully saturated rings. The third-order valence-corrected chi connectivity index (χ3v) is 5.60. The summed E-state index contributed by atoms with van der Waals surface area (Å²) in [5.74, 6) is -1.24. The van der Waals surface area contributed by atoms with E-state index in [-0.39, 0.29) is 22.0 Å². The van der Waals surface area contributed by atoms with Crippen LogP contribution in [0.3, 0.4) is 0 Å².